The van der Waals surface area contributed by atoms with Crippen molar-refractivity contribution in [3.63, 3.8) is 0 Å². The molecule has 0 atom stereocenters. The van der Waals surface area contributed by atoms with E-state index in [-0.39, 0.29) is 16.7 Å². The molecule has 0 aromatic heterocycles. The molecule has 0 saturated heterocycles. The predicted molar refractivity (Wildman–Crippen MR) is 55.8 cm³/mol. The van der Waals surface area contributed by atoms with Gasteiger partial charge in [0, 0.05) is 17.4 Å². The van der Waals surface area contributed by atoms with Crippen LogP contribution in [0.5, 0.6) is 5.75 Å². The third kappa shape index (κ3) is 2.63. The van der Waals surface area contributed by atoms with E-state index in [1.165, 1.54) is 30.0 Å². The molecule has 0 amide bonds. The lowest BCUT2D eigenvalue weighted by molar-refractivity contribution is -0.387. The van der Waals surface area contributed by atoms with Gasteiger partial charge in [-0.3, -0.25) is 10.1 Å². The average Bonchev–Trinajstić information content (AvgIpc) is 2.01. The van der Waals surface area contributed by atoms with Crippen molar-refractivity contribution in [2.75, 3.05) is 0 Å². The van der Waals surface area contributed by atoms with Crippen molar-refractivity contribution < 1.29 is 10.0 Å². The summed E-state index contributed by atoms with van der Waals surface area (Å²) in [6.45, 7) is 3.89. The molecule has 0 saturated carbocycles. The summed E-state index contributed by atoms with van der Waals surface area (Å²) in [5.41, 5.74) is 0.0431. The van der Waals surface area contributed by atoms with Gasteiger partial charge in [-0.05, 0) is 6.07 Å². The number of nitro groups is 1. The quantitative estimate of drug-likeness (QED) is 0.476. The van der Waals surface area contributed by atoms with Gasteiger partial charge in [-0.15, -0.1) is 11.8 Å². The van der Waals surface area contributed by atoms with Crippen molar-refractivity contribution >= 4 is 17.4 Å². The number of nitrogens with zero attached hydrogens (tertiary/aromatic N) is 1. The van der Waals surface area contributed by atoms with Crippen LogP contribution in [0.2, 0.25) is 0 Å². The number of thioether (sulfide) groups is 1. The second-order valence-electron chi connectivity index (χ2n) is 3.08. The molecule has 1 aromatic rings. The van der Waals surface area contributed by atoms with E-state index in [9.17, 15) is 15.2 Å². The first-order valence-corrected chi connectivity index (χ1v) is 5.02. The van der Waals surface area contributed by atoms with Crippen LogP contribution in [0, 0.1) is 10.1 Å². The molecule has 0 spiro atoms. The Morgan fingerprint density at radius 2 is 2.14 bits per heavy atom. The summed E-state index contributed by atoms with van der Waals surface area (Å²) in [6, 6.07) is 4.06. The average molecular weight is 213 g/mol. The van der Waals surface area contributed by atoms with E-state index >= 15 is 0 Å². The maximum absolute atomic E-state index is 10.6. The van der Waals surface area contributed by atoms with Crippen LogP contribution in [-0.4, -0.2) is 15.3 Å². The minimum atomic E-state index is -0.440. The Kier molecular flexibility index (Phi) is 3.35. The van der Waals surface area contributed by atoms with Crippen molar-refractivity contribution in [1.82, 2.24) is 0 Å². The number of hydrogen-bond donors (Lipinski definition) is 1. The van der Waals surface area contributed by atoms with Crippen LogP contribution in [-0.2, 0) is 0 Å². The second-order valence-corrected chi connectivity index (χ2v) is 4.69. The first kappa shape index (κ1) is 10.8. The topological polar surface area (TPSA) is 63.4 Å². The molecular weight excluding hydrogens is 202 g/mol. The minimum absolute atomic E-state index is 0.0431. The molecule has 1 rings (SSSR count). The highest BCUT2D eigenvalue weighted by molar-refractivity contribution is 8.00. The number of hydrogen-bond acceptors (Lipinski definition) is 4. The molecule has 0 bridgehead atoms. The van der Waals surface area contributed by atoms with Gasteiger partial charge in [-0.1, -0.05) is 13.8 Å². The zero-order chi connectivity index (χ0) is 10.7. The van der Waals surface area contributed by atoms with Crippen LogP contribution in [0.25, 0.3) is 0 Å². The van der Waals surface area contributed by atoms with E-state index in [0.717, 1.165) is 0 Å². The SMILES string of the molecule is CC(C)Sc1cc(O)ccc1[N+](=O)[O-]. The highest BCUT2D eigenvalue weighted by Gasteiger charge is 2.15. The Hall–Kier alpha value is -1.23. The van der Waals surface area contributed by atoms with Gasteiger partial charge < -0.3 is 5.11 Å². The van der Waals surface area contributed by atoms with Crippen LogP contribution in [0.15, 0.2) is 23.1 Å². The molecule has 0 aliphatic carbocycles. The summed E-state index contributed by atoms with van der Waals surface area (Å²) in [4.78, 5) is 10.7. The van der Waals surface area contributed by atoms with Crippen LogP contribution >= 0.6 is 11.8 Å². The lowest BCUT2D eigenvalue weighted by atomic mass is 10.3. The summed E-state index contributed by atoms with van der Waals surface area (Å²) >= 11 is 1.37. The van der Waals surface area contributed by atoms with Crippen LogP contribution in [0.1, 0.15) is 13.8 Å². The highest BCUT2D eigenvalue weighted by Crippen LogP contribution is 2.34. The van der Waals surface area contributed by atoms with E-state index in [0.29, 0.717) is 4.90 Å². The summed E-state index contributed by atoms with van der Waals surface area (Å²) in [7, 11) is 0. The maximum atomic E-state index is 10.6. The molecule has 1 aromatic carbocycles. The molecule has 1 N–H and O–H groups in total. The first-order valence-electron chi connectivity index (χ1n) is 4.14. The van der Waals surface area contributed by atoms with Crippen LogP contribution in [0.3, 0.4) is 0 Å². The van der Waals surface area contributed by atoms with E-state index in [1.807, 2.05) is 13.8 Å². The van der Waals surface area contributed by atoms with Crippen molar-refractivity contribution in [3.8, 4) is 5.75 Å². The van der Waals surface area contributed by atoms with Crippen molar-refractivity contribution in [2.24, 2.45) is 0 Å². The normalized spacial score (nSPS) is 10.5. The Labute approximate surface area is 86.1 Å². The highest BCUT2D eigenvalue weighted by atomic mass is 32.2. The fourth-order valence-electron chi connectivity index (χ4n) is 1.00. The Morgan fingerprint density at radius 3 is 2.64 bits per heavy atom. The smallest absolute Gasteiger partial charge is 0.283 e. The molecule has 0 fully saturated rings. The fraction of sp³-hybridized carbons (Fsp3) is 0.333. The molecule has 0 unspecified atom stereocenters. The summed E-state index contributed by atoms with van der Waals surface area (Å²) in [5, 5.41) is 20.1. The summed E-state index contributed by atoms with van der Waals surface area (Å²) < 4.78 is 0. The number of phenols is 1. The van der Waals surface area contributed by atoms with Crippen LogP contribution < -0.4 is 0 Å². The number of nitro benzene ring substituents is 1. The maximum Gasteiger partial charge on any atom is 0.283 e. The van der Waals surface area contributed by atoms with Crippen molar-refractivity contribution in [3.05, 3.63) is 28.3 Å². The fourth-order valence-corrected chi connectivity index (χ4v) is 1.96. The lowest BCUT2D eigenvalue weighted by Gasteiger charge is -2.05. The summed E-state index contributed by atoms with van der Waals surface area (Å²) in [5.74, 6) is 0.0544. The third-order valence-electron chi connectivity index (χ3n) is 1.50. The van der Waals surface area contributed by atoms with Crippen LogP contribution in [0.4, 0.5) is 5.69 Å². The minimum Gasteiger partial charge on any atom is -0.508 e. The molecule has 14 heavy (non-hydrogen) atoms. The van der Waals surface area contributed by atoms with Gasteiger partial charge in [0.2, 0.25) is 0 Å². The number of benzene rings is 1. The first-order chi connectivity index (χ1) is 6.50. The Balaban J connectivity index is 3.09. The second kappa shape index (κ2) is 4.32. The molecule has 0 heterocycles. The number of phenolic OH excluding ortho intramolecular Hbond substituents is 1. The monoisotopic (exact) mass is 213 g/mol. The van der Waals surface area contributed by atoms with E-state index in [4.69, 9.17) is 0 Å². The van der Waals surface area contributed by atoms with Gasteiger partial charge in [0.25, 0.3) is 5.69 Å². The molecule has 0 aliphatic heterocycles. The Bertz CT molecular complexity index is 352. The number of rotatable bonds is 3. The molecule has 4 nitrogen and oxygen atoms in total. The zero-order valence-corrected chi connectivity index (χ0v) is 8.75. The van der Waals surface area contributed by atoms with Gasteiger partial charge in [0.05, 0.1) is 9.82 Å². The van der Waals surface area contributed by atoms with E-state index in [1.54, 1.807) is 0 Å². The third-order valence-corrected chi connectivity index (χ3v) is 2.56. The predicted octanol–water partition coefficient (Wildman–Crippen LogP) is 2.80. The molecular formula is C9H11NO3S. The Morgan fingerprint density at radius 1 is 1.50 bits per heavy atom. The van der Waals surface area contributed by atoms with Crippen molar-refractivity contribution in [1.29, 1.82) is 0 Å². The zero-order valence-electron chi connectivity index (χ0n) is 7.93. The summed E-state index contributed by atoms with van der Waals surface area (Å²) in [6.07, 6.45) is 0. The molecule has 0 radical (unpaired) electrons. The molecule has 5 heteroatoms. The van der Waals surface area contributed by atoms with Gasteiger partial charge in [-0.25, -0.2) is 0 Å². The molecule has 76 valence electrons. The van der Waals surface area contributed by atoms with Gasteiger partial charge in [0.1, 0.15) is 5.75 Å². The standard InChI is InChI=1S/C9H11NO3S/c1-6(2)14-9-5-7(11)3-4-8(9)10(12)13/h3-6,11H,1-2H3. The van der Waals surface area contributed by atoms with Gasteiger partial charge in [-0.2, -0.15) is 0 Å². The lowest BCUT2D eigenvalue weighted by Crippen LogP contribution is -1.93. The largest absolute Gasteiger partial charge is 0.508 e. The van der Waals surface area contributed by atoms with E-state index in [2.05, 4.69) is 0 Å². The van der Waals surface area contributed by atoms with Crippen molar-refractivity contribution in [2.45, 2.75) is 24.0 Å². The van der Waals surface area contributed by atoms with E-state index < -0.39 is 4.92 Å². The number of aromatic hydroxyl groups is 1. The molecule has 0 aliphatic rings. The van der Waals surface area contributed by atoms with Gasteiger partial charge >= 0.3 is 0 Å². The van der Waals surface area contributed by atoms with Gasteiger partial charge in [0.15, 0.2) is 0 Å².